The lowest BCUT2D eigenvalue weighted by Gasteiger charge is -2.11. The number of anilines is 2. The summed E-state index contributed by atoms with van der Waals surface area (Å²) in [5.41, 5.74) is 0.646. The predicted octanol–water partition coefficient (Wildman–Crippen LogP) is 5.55. The predicted molar refractivity (Wildman–Crippen MR) is 104 cm³/mol. The van der Waals surface area contributed by atoms with Crippen molar-refractivity contribution in [2.45, 2.75) is 12.7 Å². The van der Waals surface area contributed by atoms with Gasteiger partial charge >= 0.3 is 6.18 Å². The van der Waals surface area contributed by atoms with Crippen molar-refractivity contribution in [2.24, 2.45) is 0 Å². The Morgan fingerprint density at radius 3 is 2.57 bits per heavy atom. The van der Waals surface area contributed by atoms with Gasteiger partial charge in [0.25, 0.3) is 0 Å². The fraction of sp³-hybridized carbons (Fsp3) is 0.111. The molecule has 3 aromatic rings. The lowest BCUT2D eigenvalue weighted by atomic mass is 10.2. The summed E-state index contributed by atoms with van der Waals surface area (Å²) >= 11 is 11.1. The van der Waals surface area contributed by atoms with Crippen LogP contribution in [0.5, 0.6) is 0 Å². The summed E-state index contributed by atoms with van der Waals surface area (Å²) in [5, 5.41) is 10.1. The molecular weight excluding hydrogens is 416 g/mol. The minimum atomic E-state index is -4.44. The van der Waals surface area contributed by atoms with Crippen LogP contribution < -0.4 is 10.6 Å². The monoisotopic (exact) mass is 428 g/mol. The van der Waals surface area contributed by atoms with E-state index < -0.39 is 17.6 Å². The second-order valence-electron chi connectivity index (χ2n) is 5.82. The van der Waals surface area contributed by atoms with E-state index in [2.05, 4.69) is 15.7 Å². The summed E-state index contributed by atoms with van der Waals surface area (Å²) in [4.78, 5) is 0. The van der Waals surface area contributed by atoms with Gasteiger partial charge in [0.05, 0.1) is 24.0 Å². The number of benzene rings is 2. The van der Waals surface area contributed by atoms with Gasteiger partial charge in [-0.2, -0.15) is 18.3 Å². The maximum absolute atomic E-state index is 13.1. The van der Waals surface area contributed by atoms with E-state index >= 15 is 0 Å². The number of rotatable bonds is 4. The van der Waals surface area contributed by atoms with Crippen molar-refractivity contribution in [3.05, 3.63) is 76.8 Å². The van der Waals surface area contributed by atoms with E-state index in [4.69, 9.17) is 23.8 Å². The Labute approximate surface area is 168 Å². The molecular formula is C18H13ClF4N4S. The molecule has 0 bridgehead atoms. The zero-order valence-corrected chi connectivity index (χ0v) is 15.7. The molecule has 0 unspecified atom stereocenters. The summed E-state index contributed by atoms with van der Waals surface area (Å²) in [6.45, 7) is 0.314. The van der Waals surface area contributed by atoms with Crippen LogP contribution in [0.4, 0.5) is 28.9 Å². The summed E-state index contributed by atoms with van der Waals surface area (Å²) in [5.74, 6) is -0.428. The Morgan fingerprint density at radius 1 is 1.11 bits per heavy atom. The molecule has 0 aliphatic heterocycles. The van der Waals surface area contributed by atoms with Crippen LogP contribution in [-0.4, -0.2) is 14.9 Å². The molecule has 146 valence electrons. The van der Waals surface area contributed by atoms with E-state index in [1.54, 1.807) is 16.9 Å². The molecule has 0 aliphatic carbocycles. The van der Waals surface area contributed by atoms with Gasteiger partial charge < -0.3 is 10.6 Å². The highest BCUT2D eigenvalue weighted by atomic mass is 35.5. The molecule has 3 rings (SSSR count). The molecule has 0 spiro atoms. The lowest BCUT2D eigenvalue weighted by Crippen LogP contribution is -2.19. The molecule has 2 N–H and O–H groups in total. The number of hydrogen-bond acceptors (Lipinski definition) is 2. The Bertz CT molecular complexity index is 1000. The number of aromatic nitrogens is 2. The maximum Gasteiger partial charge on any atom is 0.416 e. The number of thiocarbonyl (C=S) groups is 1. The first kappa shape index (κ1) is 20.1. The fourth-order valence-corrected chi connectivity index (χ4v) is 2.87. The van der Waals surface area contributed by atoms with Crippen LogP contribution in [0, 0.1) is 5.82 Å². The Kier molecular flexibility index (Phi) is 5.85. The fourth-order valence-electron chi connectivity index (χ4n) is 2.41. The average Bonchev–Trinajstić information content (AvgIpc) is 3.03. The van der Waals surface area contributed by atoms with Crippen LogP contribution in [0.1, 0.15) is 11.1 Å². The molecule has 1 heterocycles. The highest BCUT2D eigenvalue weighted by Crippen LogP contribution is 2.30. The molecule has 0 saturated carbocycles. The van der Waals surface area contributed by atoms with Crippen molar-refractivity contribution >= 4 is 40.3 Å². The van der Waals surface area contributed by atoms with Crippen molar-refractivity contribution in [2.75, 3.05) is 10.6 Å². The molecule has 4 nitrogen and oxygen atoms in total. The van der Waals surface area contributed by atoms with Gasteiger partial charge in [0.2, 0.25) is 0 Å². The maximum atomic E-state index is 13.1. The number of hydrogen-bond donors (Lipinski definition) is 2. The second-order valence-corrected chi connectivity index (χ2v) is 6.64. The number of nitrogens with zero attached hydrogens (tertiary/aromatic N) is 2. The SMILES string of the molecule is Fc1ccc(Cn2cc(NC(=S)Nc3cccc(C(F)(F)F)c3)cn2)c(Cl)c1. The Morgan fingerprint density at radius 2 is 1.86 bits per heavy atom. The van der Waals surface area contributed by atoms with Crippen molar-refractivity contribution in [1.82, 2.24) is 9.78 Å². The minimum Gasteiger partial charge on any atom is -0.332 e. The highest BCUT2D eigenvalue weighted by molar-refractivity contribution is 7.80. The standard InChI is InChI=1S/C18H13ClF4N4S/c19-16-7-13(20)5-4-11(16)9-27-10-15(8-24-27)26-17(28)25-14-3-1-2-12(6-14)18(21,22)23/h1-8,10H,9H2,(H2,25,26,28). The average molecular weight is 429 g/mol. The van der Waals surface area contributed by atoms with Crippen LogP contribution in [0.15, 0.2) is 54.9 Å². The van der Waals surface area contributed by atoms with E-state index in [1.165, 1.54) is 30.5 Å². The molecule has 0 radical (unpaired) electrons. The Balaban J connectivity index is 1.62. The summed E-state index contributed by atoms with van der Waals surface area (Å²) in [6, 6.07) is 8.79. The van der Waals surface area contributed by atoms with Gasteiger partial charge in [-0.3, -0.25) is 4.68 Å². The molecule has 0 aliphatic rings. The van der Waals surface area contributed by atoms with Gasteiger partial charge in [-0.05, 0) is 48.1 Å². The van der Waals surface area contributed by atoms with E-state index in [0.29, 0.717) is 17.8 Å². The third-order valence-electron chi connectivity index (χ3n) is 3.69. The zero-order valence-electron chi connectivity index (χ0n) is 14.1. The highest BCUT2D eigenvalue weighted by Gasteiger charge is 2.30. The first-order valence-corrected chi connectivity index (χ1v) is 8.71. The largest absolute Gasteiger partial charge is 0.416 e. The smallest absolute Gasteiger partial charge is 0.332 e. The van der Waals surface area contributed by atoms with Gasteiger partial charge in [-0.15, -0.1) is 0 Å². The number of nitrogens with one attached hydrogen (secondary N) is 2. The zero-order chi connectivity index (χ0) is 20.3. The third kappa shape index (κ3) is 5.20. The first-order chi connectivity index (χ1) is 13.2. The van der Waals surface area contributed by atoms with E-state index in [-0.39, 0.29) is 15.8 Å². The van der Waals surface area contributed by atoms with E-state index in [0.717, 1.165) is 12.1 Å². The number of halogens is 5. The van der Waals surface area contributed by atoms with Gasteiger partial charge in [0, 0.05) is 16.9 Å². The van der Waals surface area contributed by atoms with Gasteiger partial charge in [-0.1, -0.05) is 23.7 Å². The molecule has 0 atom stereocenters. The molecule has 28 heavy (non-hydrogen) atoms. The van der Waals surface area contributed by atoms with Crippen molar-refractivity contribution in [3.8, 4) is 0 Å². The van der Waals surface area contributed by atoms with Crippen LogP contribution in [0.3, 0.4) is 0 Å². The molecule has 10 heteroatoms. The topological polar surface area (TPSA) is 41.9 Å². The van der Waals surface area contributed by atoms with Crippen LogP contribution in [-0.2, 0) is 12.7 Å². The van der Waals surface area contributed by atoms with E-state index in [1.807, 2.05) is 0 Å². The molecule has 0 fully saturated rings. The van der Waals surface area contributed by atoms with Crippen molar-refractivity contribution < 1.29 is 17.6 Å². The molecule has 2 aromatic carbocycles. The van der Waals surface area contributed by atoms with E-state index in [9.17, 15) is 17.6 Å². The number of alkyl halides is 3. The molecule has 0 amide bonds. The van der Waals surface area contributed by atoms with Crippen LogP contribution >= 0.6 is 23.8 Å². The third-order valence-corrected chi connectivity index (χ3v) is 4.24. The molecule has 1 aromatic heterocycles. The van der Waals surface area contributed by atoms with Crippen LogP contribution in [0.2, 0.25) is 5.02 Å². The molecule has 0 saturated heterocycles. The van der Waals surface area contributed by atoms with Gasteiger partial charge in [-0.25, -0.2) is 4.39 Å². The summed E-state index contributed by atoms with van der Waals surface area (Å²) < 4.78 is 53.0. The quantitative estimate of drug-likeness (QED) is 0.422. The van der Waals surface area contributed by atoms with Crippen molar-refractivity contribution in [3.63, 3.8) is 0 Å². The van der Waals surface area contributed by atoms with Gasteiger partial charge in [0.1, 0.15) is 5.82 Å². The Hall–Kier alpha value is -2.65. The van der Waals surface area contributed by atoms with Gasteiger partial charge in [0.15, 0.2) is 5.11 Å². The normalized spacial score (nSPS) is 11.3. The minimum absolute atomic E-state index is 0.110. The summed E-state index contributed by atoms with van der Waals surface area (Å²) in [6.07, 6.45) is -1.30. The van der Waals surface area contributed by atoms with Crippen molar-refractivity contribution in [1.29, 1.82) is 0 Å². The summed E-state index contributed by atoms with van der Waals surface area (Å²) in [7, 11) is 0. The second kappa shape index (κ2) is 8.15. The lowest BCUT2D eigenvalue weighted by molar-refractivity contribution is -0.137. The van der Waals surface area contributed by atoms with Crippen LogP contribution in [0.25, 0.3) is 0 Å². The first-order valence-electron chi connectivity index (χ1n) is 7.92.